The zero-order valence-corrected chi connectivity index (χ0v) is 5.96. The van der Waals surface area contributed by atoms with Gasteiger partial charge in [0, 0.05) is 0 Å². The number of carboxylic acid groups (broad SMARTS) is 1. The quantitative estimate of drug-likeness (QED) is 0.276. The Morgan fingerprint density at radius 3 is 2.27 bits per heavy atom. The summed E-state index contributed by atoms with van der Waals surface area (Å²) in [5.74, 6) is -3.97. The molecule has 0 aliphatic carbocycles. The van der Waals surface area contributed by atoms with Gasteiger partial charge in [-0.1, -0.05) is 0 Å². The number of carbonyl (C=O) groups is 3. The lowest BCUT2D eigenvalue weighted by Crippen LogP contribution is -2.33. The van der Waals surface area contributed by atoms with Crippen molar-refractivity contribution < 1.29 is 24.2 Å². The van der Waals surface area contributed by atoms with E-state index in [9.17, 15) is 19.5 Å². The molecule has 11 heavy (non-hydrogen) atoms. The van der Waals surface area contributed by atoms with Gasteiger partial charge in [0.2, 0.25) is 0 Å². The standard InChI is InChI=1S/C6H8O5/c1-2-11-5(8)3-4(7)6(9)10/h2-3H2,1H3,(H,9,10)/p-1. The number of carboxylic acids is 1. The zero-order valence-electron chi connectivity index (χ0n) is 5.96. The molecular formula is C6H7O5-. The summed E-state index contributed by atoms with van der Waals surface area (Å²) in [5.41, 5.74) is 0. The number of rotatable bonds is 4. The van der Waals surface area contributed by atoms with E-state index in [0.29, 0.717) is 0 Å². The van der Waals surface area contributed by atoms with Gasteiger partial charge in [0.15, 0.2) is 5.78 Å². The van der Waals surface area contributed by atoms with Crippen LogP contribution in [0.4, 0.5) is 0 Å². The first-order chi connectivity index (χ1) is 5.07. The largest absolute Gasteiger partial charge is 0.542 e. The summed E-state index contributed by atoms with van der Waals surface area (Å²) in [6.45, 7) is 1.68. The highest BCUT2D eigenvalue weighted by Gasteiger charge is 2.10. The van der Waals surface area contributed by atoms with E-state index in [2.05, 4.69) is 4.74 Å². The van der Waals surface area contributed by atoms with E-state index in [1.165, 1.54) is 0 Å². The number of ketones is 1. The van der Waals surface area contributed by atoms with Crippen LogP contribution in [0.15, 0.2) is 0 Å². The Morgan fingerprint density at radius 1 is 1.36 bits per heavy atom. The molecule has 0 amide bonds. The lowest BCUT2D eigenvalue weighted by molar-refractivity contribution is -0.300. The van der Waals surface area contributed by atoms with Crippen LogP contribution < -0.4 is 5.11 Å². The van der Waals surface area contributed by atoms with Crippen molar-refractivity contribution in [1.82, 2.24) is 0 Å². The lowest BCUT2D eigenvalue weighted by atomic mass is 10.3. The van der Waals surface area contributed by atoms with Crippen molar-refractivity contribution in [2.75, 3.05) is 6.61 Å². The fourth-order valence-electron chi connectivity index (χ4n) is 0.415. The second kappa shape index (κ2) is 4.43. The van der Waals surface area contributed by atoms with E-state index in [4.69, 9.17) is 0 Å². The molecule has 0 radical (unpaired) electrons. The number of Topliss-reactive ketones (excluding diaryl/α,β-unsaturated/α-hetero) is 1. The summed E-state index contributed by atoms with van der Waals surface area (Å²) in [6, 6.07) is 0. The highest BCUT2D eigenvalue weighted by molar-refractivity contribution is 6.34. The molecule has 0 saturated heterocycles. The van der Waals surface area contributed by atoms with E-state index in [0.717, 1.165) is 0 Å². The average Bonchev–Trinajstić information content (AvgIpc) is 1.87. The van der Waals surface area contributed by atoms with Crippen molar-refractivity contribution in [3.63, 3.8) is 0 Å². The monoisotopic (exact) mass is 159 g/mol. The first kappa shape index (κ1) is 9.61. The number of hydrogen-bond acceptors (Lipinski definition) is 5. The average molecular weight is 159 g/mol. The van der Waals surface area contributed by atoms with Crippen molar-refractivity contribution in [2.24, 2.45) is 0 Å². The molecule has 0 aliphatic heterocycles. The van der Waals surface area contributed by atoms with Crippen LogP contribution in [0.3, 0.4) is 0 Å². The van der Waals surface area contributed by atoms with E-state index in [1.54, 1.807) is 6.92 Å². The molecule has 0 spiro atoms. The van der Waals surface area contributed by atoms with Crippen LogP contribution in [0.5, 0.6) is 0 Å². The van der Waals surface area contributed by atoms with Crippen LogP contribution in [-0.2, 0) is 19.1 Å². The molecule has 0 atom stereocenters. The maximum absolute atomic E-state index is 10.4. The van der Waals surface area contributed by atoms with Crippen molar-refractivity contribution >= 4 is 17.7 Å². The second-order valence-electron chi connectivity index (χ2n) is 1.69. The number of hydrogen-bond donors (Lipinski definition) is 0. The Kier molecular flexibility index (Phi) is 3.87. The summed E-state index contributed by atoms with van der Waals surface area (Å²) in [5, 5.41) is 9.77. The Bertz CT molecular complexity index is 183. The van der Waals surface area contributed by atoms with E-state index < -0.39 is 24.1 Å². The molecule has 0 aliphatic rings. The first-order valence-corrected chi connectivity index (χ1v) is 2.97. The van der Waals surface area contributed by atoms with Crippen LogP contribution in [-0.4, -0.2) is 24.3 Å². The Hall–Kier alpha value is -1.39. The molecule has 0 rings (SSSR count). The van der Waals surface area contributed by atoms with Crippen molar-refractivity contribution in [1.29, 1.82) is 0 Å². The van der Waals surface area contributed by atoms with Gasteiger partial charge in [-0.25, -0.2) is 0 Å². The Labute approximate surface area is 63.0 Å². The Morgan fingerprint density at radius 2 is 1.91 bits per heavy atom. The highest BCUT2D eigenvalue weighted by atomic mass is 16.5. The maximum atomic E-state index is 10.4. The molecule has 0 aromatic rings. The Balaban J connectivity index is 3.76. The predicted octanol–water partition coefficient (Wildman–Crippen LogP) is -1.74. The molecule has 0 bridgehead atoms. The summed E-state index contributed by atoms with van der Waals surface area (Å²) < 4.78 is 4.31. The zero-order chi connectivity index (χ0) is 8.85. The molecular weight excluding hydrogens is 152 g/mol. The highest BCUT2D eigenvalue weighted by Crippen LogP contribution is 1.86. The van der Waals surface area contributed by atoms with Crippen LogP contribution >= 0.6 is 0 Å². The molecule has 0 aromatic heterocycles. The summed E-state index contributed by atoms with van der Waals surface area (Å²) >= 11 is 0. The fraction of sp³-hybridized carbons (Fsp3) is 0.500. The predicted molar refractivity (Wildman–Crippen MR) is 31.3 cm³/mol. The van der Waals surface area contributed by atoms with Gasteiger partial charge in [0.25, 0.3) is 0 Å². The molecule has 5 nitrogen and oxygen atoms in total. The van der Waals surface area contributed by atoms with Crippen LogP contribution in [0, 0.1) is 0 Å². The third-order valence-corrected chi connectivity index (χ3v) is 0.838. The number of carbonyl (C=O) groups excluding carboxylic acids is 3. The maximum Gasteiger partial charge on any atom is 0.313 e. The third kappa shape index (κ3) is 4.07. The SMILES string of the molecule is CCOC(=O)CC(=O)C(=O)[O-]. The molecule has 0 aromatic carbocycles. The van der Waals surface area contributed by atoms with Crippen molar-refractivity contribution in [3.8, 4) is 0 Å². The van der Waals surface area contributed by atoms with Gasteiger partial charge in [-0.3, -0.25) is 9.59 Å². The summed E-state index contributed by atoms with van der Waals surface area (Å²) in [4.78, 5) is 30.5. The molecule has 0 unspecified atom stereocenters. The van der Waals surface area contributed by atoms with Crippen LogP contribution in [0.2, 0.25) is 0 Å². The minimum Gasteiger partial charge on any atom is -0.542 e. The first-order valence-electron chi connectivity index (χ1n) is 2.97. The lowest BCUT2D eigenvalue weighted by Gasteiger charge is -2.00. The van der Waals surface area contributed by atoms with Crippen molar-refractivity contribution in [3.05, 3.63) is 0 Å². The summed E-state index contributed by atoms with van der Waals surface area (Å²) in [6.07, 6.45) is -0.754. The van der Waals surface area contributed by atoms with Gasteiger partial charge in [0.1, 0.15) is 12.4 Å². The van der Waals surface area contributed by atoms with E-state index in [1.807, 2.05) is 0 Å². The normalized spacial score (nSPS) is 8.82. The second-order valence-corrected chi connectivity index (χ2v) is 1.69. The molecule has 0 fully saturated rings. The van der Waals surface area contributed by atoms with Gasteiger partial charge in [0.05, 0.1) is 6.61 Å². The van der Waals surface area contributed by atoms with Gasteiger partial charge in [-0.05, 0) is 6.92 Å². The number of ether oxygens (including phenoxy) is 1. The molecule has 0 saturated carbocycles. The minimum absolute atomic E-state index is 0.124. The van der Waals surface area contributed by atoms with Crippen LogP contribution in [0.1, 0.15) is 13.3 Å². The van der Waals surface area contributed by atoms with E-state index >= 15 is 0 Å². The third-order valence-electron chi connectivity index (χ3n) is 0.838. The summed E-state index contributed by atoms with van der Waals surface area (Å²) in [7, 11) is 0. The number of aliphatic carboxylic acids is 1. The molecule has 5 heteroatoms. The van der Waals surface area contributed by atoms with Gasteiger partial charge >= 0.3 is 5.97 Å². The molecule has 62 valence electrons. The van der Waals surface area contributed by atoms with Crippen molar-refractivity contribution in [2.45, 2.75) is 13.3 Å². The smallest absolute Gasteiger partial charge is 0.313 e. The van der Waals surface area contributed by atoms with Gasteiger partial charge in [-0.15, -0.1) is 0 Å². The molecule has 0 N–H and O–H groups in total. The van der Waals surface area contributed by atoms with Gasteiger partial charge < -0.3 is 14.6 Å². The fourth-order valence-corrected chi connectivity index (χ4v) is 0.415. The van der Waals surface area contributed by atoms with Crippen LogP contribution in [0.25, 0.3) is 0 Å². The number of esters is 1. The molecule has 0 heterocycles. The topological polar surface area (TPSA) is 83.5 Å². The van der Waals surface area contributed by atoms with E-state index in [-0.39, 0.29) is 6.61 Å². The minimum atomic E-state index is -1.86. The van der Waals surface area contributed by atoms with Gasteiger partial charge in [-0.2, -0.15) is 0 Å².